The fraction of sp³-hybridized carbons (Fsp3) is 0.462. The lowest BCUT2D eigenvalue weighted by Gasteiger charge is -2.13. The molecule has 1 aromatic rings. The molecule has 2 unspecified atom stereocenters. The summed E-state index contributed by atoms with van der Waals surface area (Å²) in [6, 6.07) is 4.77. The second kappa shape index (κ2) is 5.41. The van der Waals surface area contributed by atoms with E-state index in [-0.39, 0.29) is 12.2 Å². The van der Waals surface area contributed by atoms with E-state index >= 15 is 0 Å². The largest absolute Gasteiger partial charge is 0.478 e. The number of hydrogen-bond donors (Lipinski definition) is 2. The summed E-state index contributed by atoms with van der Waals surface area (Å²) in [5, 5.41) is 7.83. The minimum atomic E-state index is -3.39. The van der Waals surface area contributed by atoms with Gasteiger partial charge in [-0.05, 0) is 29.7 Å². The van der Waals surface area contributed by atoms with Gasteiger partial charge in [-0.25, -0.2) is 13.2 Å². The van der Waals surface area contributed by atoms with Crippen LogP contribution in [0.3, 0.4) is 0 Å². The summed E-state index contributed by atoms with van der Waals surface area (Å²) < 4.78 is 29.2. The van der Waals surface area contributed by atoms with Gasteiger partial charge < -0.3 is 15.6 Å². The molecule has 0 radical (unpaired) electrons. The number of ether oxygens (including phenoxy) is 1. The molecule has 0 spiro atoms. The van der Waals surface area contributed by atoms with Crippen LogP contribution in [0.1, 0.15) is 29.8 Å². The van der Waals surface area contributed by atoms with Crippen LogP contribution in [0.4, 0.5) is 0 Å². The molecule has 0 amide bonds. The Bertz CT molecular complexity index is 626. The molecule has 3 N–H and O–H groups in total. The molecule has 0 bridgehead atoms. The van der Waals surface area contributed by atoms with Crippen molar-refractivity contribution in [2.45, 2.75) is 31.2 Å². The zero-order valence-electron chi connectivity index (χ0n) is 11.1. The minimum absolute atomic E-state index is 0.0273. The molecule has 6 nitrogen and oxygen atoms in total. The molecule has 1 heterocycles. The first-order valence-corrected chi connectivity index (χ1v) is 8.06. The second-order valence-corrected chi connectivity index (χ2v) is 7.05. The van der Waals surface area contributed by atoms with Crippen LogP contribution < -0.4 is 10.5 Å². The number of carboxylic acids is 1. The van der Waals surface area contributed by atoms with Gasteiger partial charge in [0.2, 0.25) is 0 Å². The van der Waals surface area contributed by atoms with Crippen LogP contribution >= 0.6 is 0 Å². The molecule has 0 aromatic heterocycles. The maximum atomic E-state index is 12.0. The van der Waals surface area contributed by atoms with E-state index in [2.05, 4.69) is 0 Å². The first-order chi connectivity index (χ1) is 9.35. The molecule has 2 rings (SSSR count). The summed E-state index contributed by atoms with van der Waals surface area (Å²) in [5.41, 5.74) is 6.94. The number of nitrogens with two attached hydrogens (primary N) is 1. The highest BCUT2D eigenvalue weighted by Crippen LogP contribution is 2.32. The van der Waals surface area contributed by atoms with Crippen molar-refractivity contribution in [2.75, 3.05) is 5.75 Å². The molecular weight excluding hydrogens is 282 g/mol. The molecule has 20 heavy (non-hydrogen) atoms. The Morgan fingerprint density at radius 3 is 2.85 bits per heavy atom. The third-order valence-corrected chi connectivity index (χ3v) is 5.26. The highest BCUT2D eigenvalue weighted by Gasteiger charge is 2.30. The highest BCUT2D eigenvalue weighted by molar-refractivity contribution is 7.91. The standard InChI is InChI=1S/C13H17NO5S/c1-2-5-20(17,18)12(14)8-3-4-10-9(6-8)7-11(19-10)13(15)16/h3-4,6,11-12H,2,5,7,14H2,1H3,(H,15,16). The number of carbonyl (C=O) groups is 1. The fourth-order valence-electron chi connectivity index (χ4n) is 2.20. The summed E-state index contributed by atoms with van der Waals surface area (Å²) in [6.45, 7) is 1.78. The van der Waals surface area contributed by atoms with Crippen molar-refractivity contribution < 1.29 is 23.1 Å². The van der Waals surface area contributed by atoms with Crippen LogP contribution in [-0.2, 0) is 21.1 Å². The quantitative estimate of drug-likeness (QED) is 0.835. The van der Waals surface area contributed by atoms with Gasteiger partial charge in [0.05, 0.1) is 5.75 Å². The molecule has 0 fully saturated rings. The summed E-state index contributed by atoms with van der Waals surface area (Å²) in [4.78, 5) is 10.9. The van der Waals surface area contributed by atoms with Crippen LogP contribution in [0, 0.1) is 0 Å². The summed E-state index contributed by atoms with van der Waals surface area (Å²) in [5.74, 6) is -0.536. The van der Waals surface area contributed by atoms with Gasteiger partial charge >= 0.3 is 5.97 Å². The van der Waals surface area contributed by atoms with Crippen molar-refractivity contribution in [3.8, 4) is 5.75 Å². The van der Waals surface area contributed by atoms with Gasteiger partial charge in [0.25, 0.3) is 0 Å². The third kappa shape index (κ3) is 2.78. The van der Waals surface area contributed by atoms with Gasteiger partial charge in [-0.1, -0.05) is 13.0 Å². The van der Waals surface area contributed by atoms with Gasteiger partial charge in [0, 0.05) is 6.42 Å². The maximum absolute atomic E-state index is 12.0. The number of aliphatic carboxylic acids is 1. The highest BCUT2D eigenvalue weighted by atomic mass is 32.2. The first-order valence-electron chi connectivity index (χ1n) is 6.34. The predicted molar refractivity (Wildman–Crippen MR) is 73.2 cm³/mol. The second-order valence-electron chi connectivity index (χ2n) is 4.80. The number of benzene rings is 1. The van der Waals surface area contributed by atoms with Gasteiger partial charge in [-0.2, -0.15) is 0 Å². The third-order valence-electron chi connectivity index (χ3n) is 3.24. The van der Waals surface area contributed by atoms with E-state index in [1.807, 2.05) is 0 Å². The van der Waals surface area contributed by atoms with Crippen molar-refractivity contribution in [1.82, 2.24) is 0 Å². The van der Waals surface area contributed by atoms with Crippen molar-refractivity contribution in [1.29, 1.82) is 0 Å². The molecular formula is C13H17NO5S. The normalized spacial score (nSPS) is 19.2. The first kappa shape index (κ1) is 14.8. The van der Waals surface area contributed by atoms with E-state index < -0.39 is 27.3 Å². The number of fused-ring (bicyclic) bond motifs is 1. The Labute approximate surface area is 117 Å². The number of rotatable bonds is 5. The molecule has 0 saturated heterocycles. The Hall–Kier alpha value is -1.60. The SMILES string of the molecule is CCCS(=O)(=O)C(N)c1ccc2c(c1)CC(C(=O)O)O2. The predicted octanol–water partition coefficient (Wildman–Crippen LogP) is 0.857. The van der Waals surface area contributed by atoms with E-state index in [1.165, 1.54) is 0 Å². The smallest absolute Gasteiger partial charge is 0.345 e. The van der Waals surface area contributed by atoms with Crippen LogP contribution in [0.15, 0.2) is 18.2 Å². The van der Waals surface area contributed by atoms with E-state index in [0.717, 1.165) is 0 Å². The monoisotopic (exact) mass is 299 g/mol. The minimum Gasteiger partial charge on any atom is -0.478 e. The maximum Gasteiger partial charge on any atom is 0.345 e. The van der Waals surface area contributed by atoms with E-state index in [4.69, 9.17) is 15.6 Å². The zero-order valence-corrected chi connectivity index (χ0v) is 11.9. The van der Waals surface area contributed by atoms with Gasteiger partial charge in [-0.15, -0.1) is 0 Å². The number of sulfone groups is 1. The fourth-order valence-corrected chi connectivity index (χ4v) is 3.59. The molecule has 1 aromatic carbocycles. The lowest BCUT2D eigenvalue weighted by atomic mass is 10.1. The zero-order chi connectivity index (χ0) is 14.9. The van der Waals surface area contributed by atoms with Crippen LogP contribution in [0.25, 0.3) is 0 Å². The lowest BCUT2D eigenvalue weighted by molar-refractivity contribution is -0.144. The van der Waals surface area contributed by atoms with Crippen LogP contribution in [0.5, 0.6) is 5.75 Å². The van der Waals surface area contributed by atoms with E-state index in [0.29, 0.717) is 23.3 Å². The Balaban J connectivity index is 2.26. The molecule has 110 valence electrons. The molecule has 2 atom stereocenters. The Morgan fingerprint density at radius 1 is 1.55 bits per heavy atom. The number of carboxylic acid groups (broad SMARTS) is 1. The van der Waals surface area contributed by atoms with E-state index in [9.17, 15) is 13.2 Å². The summed E-state index contributed by atoms with van der Waals surface area (Å²) >= 11 is 0. The average molecular weight is 299 g/mol. The Kier molecular flexibility index (Phi) is 4.01. The molecule has 0 saturated carbocycles. The average Bonchev–Trinajstić information content (AvgIpc) is 2.80. The molecule has 0 aliphatic carbocycles. The topological polar surface area (TPSA) is 107 Å². The molecule has 1 aliphatic rings. The van der Waals surface area contributed by atoms with Crippen molar-refractivity contribution in [2.24, 2.45) is 5.73 Å². The summed E-state index contributed by atoms with van der Waals surface area (Å²) in [6.07, 6.45) is -0.187. The molecule has 1 aliphatic heterocycles. The summed E-state index contributed by atoms with van der Waals surface area (Å²) in [7, 11) is -3.39. The number of hydrogen-bond acceptors (Lipinski definition) is 5. The van der Waals surface area contributed by atoms with Crippen LogP contribution in [-0.4, -0.2) is 31.4 Å². The van der Waals surface area contributed by atoms with E-state index in [1.54, 1.807) is 25.1 Å². The van der Waals surface area contributed by atoms with Crippen LogP contribution in [0.2, 0.25) is 0 Å². The van der Waals surface area contributed by atoms with Crippen molar-refractivity contribution in [3.05, 3.63) is 29.3 Å². The molecule has 7 heteroatoms. The van der Waals surface area contributed by atoms with Gasteiger partial charge in [0.15, 0.2) is 15.9 Å². The van der Waals surface area contributed by atoms with Crippen molar-refractivity contribution >= 4 is 15.8 Å². The lowest BCUT2D eigenvalue weighted by Crippen LogP contribution is -2.24. The van der Waals surface area contributed by atoms with Crippen molar-refractivity contribution in [3.63, 3.8) is 0 Å². The van der Waals surface area contributed by atoms with Gasteiger partial charge in [-0.3, -0.25) is 0 Å². The van der Waals surface area contributed by atoms with Gasteiger partial charge in [0.1, 0.15) is 11.1 Å². The Morgan fingerprint density at radius 2 is 2.25 bits per heavy atom.